The van der Waals surface area contributed by atoms with E-state index in [2.05, 4.69) is 29.6 Å². The Morgan fingerprint density at radius 2 is 2.00 bits per heavy atom. The van der Waals surface area contributed by atoms with E-state index in [0.717, 1.165) is 16.8 Å². The first-order chi connectivity index (χ1) is 10.0. The highest BCUT2D eigenvalue weighted by Gasteiger charge is 2.14. The maximum absolute atomic E-state index is 12.3. The average molecular weight is 284 g/mol. The van der Waals surface area contributed by atoms with Crippen LogP contribution in [0.1, 0.15) is 41.4 Å². The number of amides is 1. The van der Waals surface area contributed by atoms with Crippen LogP contribution in [0.5, 0.6) is 0 Å². The van der Waals surface area contributed by atoms with E-state index in [1.54, 1.807) is 12.1 Å². The van der Waals surface area contributed by atoms with Crippen molar-refractivity contribution in [1.29, 1.82) is 0 Å². The van der Waals surface area contributed by atoms with Crippen LogP contribution in [0.4, 0.5) is 11.4 Å². The van der Waals surface area contributed by atoms with Gasteiger partial charge < -0.3 is 10.7 Å². The third-order valence-electron chi connectivity index (χ3n) is 3.33. The van der Waals surface area contributed by atoms with Crippen molar-refractivity contribution in [3.63, 3.8) is 0 Å². The van der Waals surface area contributed by atoms with E-state index < -0.39 is 0 Å². The molecule has 0 saturated heterocycles. The predicted octanol–water partition coefficient (Wildman–Crippen LogP) is 3.05. The third kappa shape index (κ3) is 3.38. The maximum atomic E-state index is 12.3. The number of benzene rings is 1. The second-order valence-electron chi connectivity index (χ2n) is 5.22. The molecule has 5 heteroatoms. The highest BCUT2D eigenvalue weighted by atomic mass is 16.1. The highest BCUT2D eigenvalue weighted by molar-refractivity contribution is 6.03. The quantitative estimate of drug-likeness (QED) is 0.595. The summed E-state index contributed by atoms with van der Waals surface area (Å²) in [7, 11) is 0. The van der Waals surface area contributed by atoms with E-state index in [4.69, 9.17) is 5.84 Å². The van der Waals surface area contributed by atoms with Crippen molar-refractivity contribution in [2.75, 3.05) is 10.7 Å². The molecule has 0 bridgehead atoms. The molecule has 21 heavy (non-hydrogen) atoms. The van der Waals surface area contributed by atoms with Crippen molar-refractivity contribution in [1.82, 2.24) is 4.98 Å². The molecular weight excluding hydrogens is 264 g/mol. The fourth-order valence-electron chi connectivity index (χ4n) is 2.13. The van der Waals surface area contributed by atoms with Gasteiger partial charge in [0.1, 0.15) is 5.69 Å². The number of aryl methyl sites for hydroxylation is 1. The molecule has 0 fully saturated rings. The van der Waals surface area contributed by atoms with Gasteiger partial charge in [-0.05, 0) is 36.1 Å². The van der Waals surface area contributed by atoms with Gasteiger partial charge in [-0.25, -0.2) is 4.98 Å². The molecule has 1 amide bonds. The number of carbonyl (C=O) groups is 1. The maximum Gasteiger partial charge on any atom is 0.274 e. The molecule has 1 heterocycles. The Morgan fingerprint density at radius 3 is 2.57 bits per heavy atom. The molecule has 0 aliphatic carbocycles. The number of hydrogen-bond acceptors (Lipinski definition) is 4. The Labute approximate surface area is 124 Å². The van der Waals surface area contributed by atoms with Gasteiger partial charge in [-0.1, -0.05) is 32.0 Å². The SMILES string of the molecule is Cc1cccc(C(C)C)c1NC(=O)c1ccc(NN)cn1. The number of aromatic nitrogens is 1. The standard InChI is InChI=1S/C16H20N4O/c1-10(2)13-6-4-5-11(3)15(13)19-16(21)14-8-7-12(20-17)9-18-14/h4-10,20H,17H2,1-3H3,(H,19,21). The van der Waals surface area contributed by atoms with E-state index in [0.29, 0.717) is 17.3 Å². The Balaban J connectivity index is 2.26. The van der Waals surface area contributed by atoms with Crippen LogP contribution in [0, 0.1) is 6.92 Å². The molecule has 0 spiro atoms. The van der Waals surface area contributed by atoms with Crippen LogP contribution >= 0.6 is 0 Å². The number of hydrazine groups is 1. The van der Waals surface area contributed by atoms with Crippen LogP contribution in [0.25, 0.3) is 0 Å². The number of nitrogens with one attached hydrogen (secondary N) is 2. The molecule has 1 aromatic heterocycles. The lowest BCUT2D eigenvalue weighted by atomic mass is 9.98. The lowest BCUT2D eigenvalue weighted by Crippen LogP contribution is -2.16. The Bertz CT molecular complexity index is 635. The van der Waals surface area contributed by atoms with E-state index in [9.17, 15) is 4.79 Å². The Morgan fingerprint density at radius 1 is 1.24 bits per heavy atom. The number of nitrogens with zero attached hydrogens (tertiary/aromatic N) is 1. The topological polar surface area (TPSA) is 80.0 Å². The molecule has 0 radical (unpaired) electrons. The number of hydrogen-bond donors (Lipinski definition) is 3. The average Bonchev–Trinajstić information content (AvgIpc) is 2.49. The normalized spacial score (nSPS) is 10.5. The van der Waals surface area contributed by atoms with Crippen molar-refractivity contribution in [2.24, 2.45) is 5.84 Å². The van der Waals surface area contributed by atoms with Crippen LogP contribution in [0.15, 0.2) is 36.5 Å². The van der Waals surface area contributed by atoms with E-state index >= 15 is 0 Å². The molecule has 4 N–H and O–H groups in total. The molecule has 0 unspecified atom stereocenters. The molecule has 2 aromatic rings. The minimum Gasteiger partial charge on any atom is -0.323 e. The van der Waals surface area contributed by atoms with E-state index in [1.807, 2.05) is 25.1 Å². The Hall–Kier alpha value is -2.40. The largest absolute Gasteiger partial charge is 0.323 e. The summed E-state index contributed by atoms with van der Waals surface area (Å²) < 4.78 is 0. The van der Waals surface area contributed by atoms with Gasteiger partial charge in [-0.3, -0.25) is 10.6 Å². The number of rotatable bonds is 4. The van der Waals surface area contributed by atoms with Crippen LogP contribution in [-0.4, -0.2) is 10.9 Å². The number of anilines is 2. The Kier molecular flexibility index (Phi) is 4.55. The van der Waals surface area contributed by atoms with Crippen molar-refractivity contribution in [3.05, 3.63) is 53.3 Å². The summed E-state index contributed by atoms with van der Waals surface area (Å²) in [6.45, 7) is 6.19. The minimum atomic E-state index is -0.227. The summed E-state index contributed by atoms with van der Waals surface area (Å²) >= 11 is 0. The smallest absolute Gasteiger partial charge is 0.274 e. The first-order valence-electron chi connectivity index (χ1n) is 6.86. The first kappa shape index (κ1) is 15.0. The summed E-state index contributed by atoms with van der Waals surface area (Å²) in [5.41, 5.74) is 6.51. The lowest BCUT2D eigenvalue weighted by molar-refractivity contribution is 0.102. The summed E-state index contributed by atoms with van der Waals surface area (Å²) in [5, 5.41) is 2.96. The molecule has 110 valence electrons. The second-order valence-corrected chi connectivity index (χ2v) is 5.22. The molecular formula is C16H20N4O. The van der Waals surface area contributed by atoms with E-state index in [-0.39, 0.29) is 5.91 Å². The van der Waals surface area contributed by atoms with Gasteiger partial charge in [0.15, 0.2) is 0 Å². The van der Waals surface area contributed by atoms with Crippen molar-refractivity contribution in [2.45, 2.75) is 26.7 Å². The van der Waals surface area contributed by atoms with Crippen LogP contribution < -0.4 is 16.6 Å². The van der Waals surface area contributed by atoms with Gasteiger partial charge in [0.05, 0.1) is 11.9 Å². The van der Waals surface area contributed by atoms with Gasteiger partial charge in [0, 0.05) is 5.69 Å². The van der Waals surface area contributed by atoms with E-state index in [1.165, 1.54) is 6.20 Å². The number of nitrogen functional groups attached to an aromatic ring is 1. The first-order valence-corrected chi connectivity index (χ1v) is 6.86. The third-order valence-corrected chi connectivity index (χ3v) is 3.33. The number of pyridine rings is 1. The molecule has 0 aliphatic rings. The van der Waals surface area contributed by atoms with Gasteiger partial charge >= 0.3 is 0 Å². The van der Waals surface area contributed by atoms with Crippen molar-refractivity contribution in [3.8, 4) is 0 Å². The van der Waals surface area contributed by atoms with Crippen molar-refractivity contribution >= 4 is 17.3 Å². The van der Waals surface area contributed by atoms with Gasteiger partial charge in [0.2, 0.25) is 0 Å². The van der Waals surface area contributed by atoms with Gasteiger partial charge in [-0.15, -0.1) is 0 Å². The molecule has 2 rings (SSSR count). The minimum absolute atomic E-state index is 0.227. The fourth-order valence-corrected chi connectivity index (χ4v) is 2.13. The van der Waals surface area contributed by atoms with Gasteiger partial charge in [0.25, 0.3) is 5.91 Å². The summed E-state index contributed by atoms with van der Waals surface area (Å²) in [6, 6.07) is 9.36. The van der Waals surface area contributed by atoms with Crippen LogP contribution in [-0.2, 0) is 0 Å². The summed E-state index contributed by atoms with van der Waals surface area (Å²) in [4.78, 5) is 16.4. The lowest BCUT2D eigenvalue weighted by Gasteiger charge is -2.16. The molecule has 5 nitrogen and oxygen atoms in total. The summed E-state index contributed by atoms with van der Waals surface area (Å²) in [6.07, 6.45) is 1.52. The molecule has 1 aromatic carbocycles. The number of nitrogens with two attached hydrogens (primary N) is 1. The number of carbonyl (C=O) groups excluding carboxylic acids is 1. The monoisotopic (exact) mass is 284 g/mol. The molecule has 0 saturated carbocycles. The fraction of sp³-hybridized carbons (Fsp3) is 0.250. The van der Waals surface area contributed by atoms with Crippen molar-refractivity contribution < 1.29 is 4.79 Å². The van der Waals surface area contributed by atoms with Gasteiger partial charge in [-0.2, -0.15) is 0 Å². The summed E-state index contributed by atoms with van der Waals surface area (Å²) in [5.74, 6) is 5.39. The highest BCUT2D eigenvalue weighted by Crippen LogP contribution is 2.27. The predicted molar refractivity (Wildman–Crippen MR) is 85.3 cm³/mol. The van der Waals surface area contributed by atoms with Crippen LogP contribution in [0.3, 0.4) is 0 Å². The second kappa shape index (κ2) is 6.37. The molecule has 0 aliphatic heterocycles. The van der Waals surface area contributed by atoms with Crippen LogP contribution in [0.2, 0.25) is 0 Å². The molecule has 0 atom stereocenters. The zero-order valence-electron chi connectivity index (χ0n) is 12.5. The number of para-hydroxylation sites is 1. The zero-order chi connectivity index (χ0) is 15.4. The zero-order valence-corrected chi connectivity index (χ0v) is 12.5.